The van der Waals surface area contributed by atoms with E-state index in [2.05, 4.69) is 122 Å². The average molecular weight is 591 g/mol. The first kappa shape index (κ1) is 30.1. The molecule has 0 saturated carbocycles. The van der Waals surface area contributed by atoms with Crippen LogP contribution >= 0.6 is 0 Å². The van der Waals surface area contributed by atoms with Crippen LogP contribution in [0.15, 0.2) is 97.1 Å². The van der Waals surface area contributed by atoms with Gasteiger partial charge in [0.05, 0.1) is 12.1 Å². The Morgan fingerprint density at radius 1 is 0.727 bits per heavy atom. The van der Waals surface area contributed by atoms with Gasteiger partial charge in [0.15, 0.2) is 0 Å². The van der Waals surface area contributed by atoms with E-state index in [0.29, 0.717) is 12.5 Å². The van der Waals surface area contributed by atoms with E-state index in [9.17, 15) is 0 Å². The van der Waals surface area contributed by atoms with Crippen LogP contribution in [0, 0.1) is 0 Å². The van der Waals surface area contributed by atoms with Crippen molar-refractivity contribution in [3.05, 3.63) is 119 Å². The summed E-state index contributed by atoms with van der Waals surface area (Å²) < 4.78 is 18.3. The van der Waals surface area contributed by atoms with Crippen molar-refractivity contribution in [1.82, 2.24) is 4.90 Å². The molecule has 5 heteroatoms. The zero-order valence-corrected chi connectivity index (χ0v) is 26.5. The molecule has 2 atom stereocenters. The molecule has 0 aromatic heterocycles. The lowest BCUT2D eigenvalue weighted by Gasteiger charge is -2.30. The number of ether oxygens (including phenoxy) is 3. The number of benzene rings is 4. The molecule has 44 heavy (non-hydrogen) atoms. The molecule has 2 heterocycles. The smallest absolute Gasteiger partial charge is 0.120 e. The third kappa shape index (κ3) is 7.39. The summed E-state index contributed by atoms with van der Waals surface area (Å²) in [6.07, 6.45) is 4.14. The highest BCUT2D eigenvalue weighted by molar-refractivity contribution is 5.65. The molecule has 230 valence electrons. The third-order valence-electron chi connectivity index (χ3n) is 8.85. The number of likely N-dealkylation sites (tertiary alicyclic amines) is 1. The van der Waals surface area contributed by atoms with Crippen LogP contribution in [0.4, 0.5) is 5.69 Å². The lowest BCUT2D eigenvalue weighted by molar-refractivity contribution is 0.183. The first-order chi connectivity index (χ1) is 21.5. The summed E-state index contributed by atoms with van der Waals surface area (Å²) >= 11 is 0. The second-order valence-corrected chi connectivity index (χ2v) is 12.5. The number of rotatable bonds is 12. The highest BCUT2D eigenvalue weighted by atomic mass is 16.5. The first-order valence-electron chi connectivity index (χ1n) is 16.3. The van der Waals surface area contributed by atoms with Crippen LogP contribution in [0.1, 0.15) is 74.2 Å². The van der Waals surface area contributed by atoms with Crippen LogP contribution in [0.5, 0.6) is 17.2 Å². The average Bonchev–Trinajstić information content (AvgIpc) is 3.32. The fraction of sp³-hybridized carbons (Fsp3) is 0.385. The van der Waals surface area contributed by atoms with Gasteiger partial charge in [-0.3, -0.25) is 4.90 Å². The molecule has 0 amide bonds. The van der Waals surface area contributed by atoms with Crippen molar-refractivity contribution >= 4 is 5.69 Å². The van der Waals surface area contributed by atoms with Crippen molar-refractivity contribution in [2.45, 2.75) is 71.2 Å². The maximum atomic E-state index is 6.24. The zero-order chi connectivity index (χ0) is 30.3. The molecular formula is C39H46N2O3. The number of hydrogen-bond acceptors (Lipinski definition) is 5. The summed E-state index contributed by atoms with van der Waals surface area (Å²) in [5, 5.41) is 0. The Hall–Kier alpha value is -3.96. The molecule has 0 spiro atoms. The van der Waals surface area contributed by atoms with Crippen LogP contribution in [0.3, 0.4) is 0 Å². The molecule has 0 N–H and O–H groups in total. The van der Waals surface area contributed by atoms with Gasteiger partial charge in [-0.1, -0.05) is 67.9 Å². The van der Waals surface area contributed by atoms with Gasteiger partial charge in [-0.2, -0.15) is 0 Å². The summed E-state index contributed by atoms with van der Waals surface area (Å²) in [4.78, 5) is 5.06. The first-order valence-corrected chi connectivity index (χ1v) is 16.3. The lowest BCUT2D eigenvalue weighted by Crippen LogP contribution is -2.33. The fourth-order valence-corrected chi connectivity index (χ4v) is 6.61. The van der Waals surface area contributed by atoms with Crippen molar-refractivity contribution in [3.8, 4) is 17.2 Å². The molecular weight excluding hydrogens is 544 g/mol. The Bertz CT molecular complexity index is 1460. The number of nitrogens with zero attached hydrogens (tertiary/aromatic N) is 2. The standard InChI is InChI=1S/C39H46N2O3/c1-29(2)44-35-18-14-33(15-19-35)39-30(3)37-26-36(43-28-32-10-6-4-7-11-32)20-21-38(37)41(39)27-31-12-16-34(17-13-31)42-25-24-40-22-8-5-9-23-40/h4,6-7,10-21,26,29-30,39H,5,8-9,22-25,27-28H2,1-3H3. The van der Waals surface area contributed by atoms with Gasteiger partial charge in [0.1, 0.15) is 30.5 Å². The van der Waals surface area contributed by atoms with Gasteiger partial charge >= 0.3 is 0 Å². The molecule has 0 bridgehead atoms. The largest absolute Gasteiger partial charge is 0.492 e. The quantitative estimate of drug-likeness (QED) is 0.165. The van der Waals surface area contributed by atoms with Crippen LogP contribution in [0.2, 0.25) is 0 Å². The minimum atomic E-state index is 0.151. The molecule has 6 rings (SSSR count). The molecule has 4 aromatic rings. The minimum Gasteiger partial charge on any atom is -0.492 e. The zero-order valence-electron chi connectivity index (χ0n) is 26.5. The molecule has 0 aliphatic carbocycles. The topological polar surface area (TPSA) is 34.2 Å². The van der Waals surface area contributed by atoms with Crippen molar-refractivity contribution in [2.75, 3.05) is 31.1 Å². The number of anilines is 1. The molecule has 1 saturated heterocycles. The van der Waals surface area contributed by atoms with Crippen LogP contribution in [-0.4, -0.2) is 37.2 Å². The monoisotopic (exact) mass is 590 g/mol. The molecule has 2 aliphatic rings. The summed E-state index contributed by atoms with van der Waals surface area (Å²) in [5.41, 5.74) is 6.31. The van der Waals surface area contributed by atoms with Crippen molar-refractivity contribution in [2.24, 2.45) is 0 Å². The van der Waals surface area contributed by atoms with Crippen LogP contribution in [-0.2, 0) is 13.2 Å². The Labute approximate surface area is 263 Å². The molecule has 1 fully saturated rings. The normalized spacial score (nSPS) is 18.3. The van der Waals surface area contributed by atoms with E-state index in [-0.39, 0.29) is 12.1 Å². The Kier molecular flexibility index (Phi) is 9.72. The highest BCUT2D eigenvalue weighted by Crippen LogP contribution is 2.50. The fourth-order valence-electron chi connectivity index (χ4n) is 6.61. The third-order valence-corrected chi connectivity index (χ3v) is 8.85. The van der Waals surface area contributed by atoms with E-state index < -0.39 is 0 Å². The van der Waals surface area contributed by atoms with Gasteiger partial charge in [0.2, 0.25) is 0 Å². The van der Waals surface area contributed by atoms with Crippen molar-refractivity contribution in [1.29, 1.82) is 0 Å². The molecule has 4 aromatic carbocycles. The van der Waals surface area contributed by atoms with Gasteiger partial charge in [0.25, 0.3) is 0 Å². The predicted octanol–water partition coefficient (Wildman–Crippen LogP) is 8.78. The van der Waals surface area contributed by atoms with Gasteiger partial charge in [0, 0.05) is 24.7 Å². The van der Waals surface area contributed by atoms with Crippen LogP contribution in [0.25, 0.3) is 0 Å². The van der Waals surface area contributed by atoms with Crippen LogP contribution < -0.4 is 19.1 Å². The maximum Gasteiger partial charge on any atom is 0.120 e. The van der Waals surface area contributed by atoms with Gasteiger partial charge < -0.3 is 19.1 Å². The number of piperidine rings is 1. The number of hydrogen-bond donors (Lipinski definition) is 0. The lowest BCUT2D eigenvalue weighted by atomic mass is 9.91. The summed E-state index contributed by atoms with van der Waals surface area (Å²) in [6, 6.07) is 34.5. The summed E-state index contributed by atoms with van der Waals surface area (Å²) in [6.45, 7) is 12.0. The summed E-state index contributed by atoms with van der Waals surface area (Å²) in [5.74, 6) is 3.05. The predicted molar refractivity (Wildman–Crippen MR) is 179 cm³/mol. The Morgan fingerprint density at radius 3 is 2.16 bits per heavy atom. The van der Waals surface area contributed by atoms with Crippen molar-refractivity contribution < 1.29 is 14.2 Å². The second kappa shape index (κ2) is 14.2. The number of fused-ring (bicyclic) bond motifs is 1. The molecule has 5 nitrogen and oxygen atoms in total. The van der Waals surface area contributed by atoms with Gasteiger partial charge in [-0.15, -0.1) is 0 Å². The van der Waals surface area contributed by atoms with E-state index in [1.54, 1.807) is 0 Å². The van der Waals surface area contributed by atoms with Gasteiger partial charge in [-0.05, 0) is 104 Å². The van der Waals surface area contributed by atoms with E-state index in [0.717, 1.165) is 36.9 Å². The van der Waals surface area contributed by atoms with E-state index in [1.807, 2.05) is 6.07 Å². The molecule has 2 unspecified atom stereocenters. The molecule has 2 aliphatic heterocycles. The van der Waals surface area contributed by atoms with E-state index in [4.69, 9.17) is 14.2 Å². The Balaban J connectivity index is 1.19. The summed E-state index contributed by atoms with van der Waals surface area (Å²) in [7, 11) is 0. The Morgan fingerprint density at radius 2 is 1.43 bits per heavy atom. The molecule has 0 radical (unpaired) electrons. The van der Waals surface area contributed by atoms with E-state index >= 15 is 0 Å². The SMILES string of the molecule is CC(C)Oc1ccc(C2C(C)c3cc(OCc4ccccc4)ccc3N2Cc2ccc(OCCN3CCCCC3)cc2)cc1. The van der Waals surface area contributed by atoms with Gasteiger partial charge in [-0.25, -0.2) is 0 Å². The highest BCUT2D eigenvalue weighted by Gasteiger charge is 2.37. The second-order valence-electron chi connectivity index (χ2n) is 12.5. The maximum absolute atomic E-state index is 6.24. The minimum absolute atomic E-state index is 0.151. The van der Waals surface area contributed by atoms with E-state index in [1.165, 1.54) is 60.3 Å². The van der Waals surface area contributed by atoms with Crippen molar-refractivity contribution in [3.63, 3.8) is 0 Å².